The van der Waals surface area contributed by atoms with Crippen LogP contribution in [0.2, 0.25) is 0 Å². The van der Waals surface area contributed by atoms with Gasteiger partial charge in [-0.15, -0.1) is 0 Å². The maximum Gasteiger partial charge on any atom is 0.304 e. The monoisotopic (exact) mass is 129 g/mol. The van der Waals surface area contributed by atoms with E-state index < -0.39 is 0 Å². The van der Waals surface area contributed by atoms with E-state index in [4.69, 9.17) is 0 Å². The van der Waals surface area contributed by atoms with E-state index in [1.807, 2.05) is 0 Å². The first-order valence-electron chi connectivity index (χ1n) is 2.65. The van der Waals surface area contributed by atoms with Crippen molar-refractivity contribution in [2.75, 3.05) is 0 Å². The van der Waals surface area contributed by atoms with Crippen LogP contribution in [-0.4, -0.2) is 18.1 Å². The summed E-state index contributed by atoms with van der Waals surface area (Å²) >= 11 is 0. The molecule has 50 valence electrons. The zero-order valence-corrected chi connectivity index (χ0v) is 5.01. The zero-order valence-electron chi connectivity index (χ0n) is 5.01. The molecule has 0 aliphatic carbocycles. The van der Waals surface area contributed by atoms with Crippen LogP contribution in [0.4, 0.5) is 0 Å². The van der Waals surface area contributed by atoms with Crippen molar-refractivity contribution in [3.8, 4) is 0 Å². The molecule has 0 spiro atoms. The van der Waals surface area contributed by atoms with Crippen LogP contribution in [0.3, 0.4) is 0 Å². The van der Waals surface area contributed by atoms with Crippen LogP contribution in [0.25, 0.3) is 0 Å². The summed E-state index contributed by atoms with van der Waals surface area (Å²) in [6.07, 6.45) is -0.0606. The first kappa shape index (κ1) is 6.07. The average molecular weight is 129 g/mol. The van der Waals surface area contributed by atoms with Gasteiger partial charge in [0.2, 0.25) is 5.91 Å². The van der Waals surface area contributed by atoms with E-state index in [0.29, 0.717) is 6.42 Å². The SMILES string of the molecule is CC(=O)O[C@H]1CC(=O)N1. The van der Waals surface area contributed by atoms with Gasteiger partial charge in [-0.3, -0.25) is 9.59 Å². The number of ether oxygens (including phenoxy) is 1. The molecular weight excluding hydrogens is 122 g/mol. The molecule has 1 aliphatic rings. The Morgan fingerprint density at radius 1 is 1.89 bits per heavy atom. The third kappa shape index (κ3) is 1.42. The summed E-state index contributed by atoms with van der Waals surface area (Å²) < 4.78 is 4.59. The molecule has 0 radical (unpaired) electrons. The number of amides is 1. The van der Waals surface area contributed by atoms with Crippen molar-refractivity contribution in [1.82, 2.24) is 5.32 Å². The van der Waals surface area contributed by atoms with Crippen molar-refractivity contribution >= 4 is 11.9 Å². The Labute approximate surface area is 52.2 Å². The molecule has 1 fully saturated rings. The standard InChI is InChI=1S/C5H7NO3/c1-3(7)9-5-2-4(8)6-5/h5H,2H2,1H3,(H,6,8)/t5-/m0/s1. The third-order valence-electron chi connectivity index (χ3n) is 1.00. The minimum absolute atomic E-state index is 0.0683. The van der Waals surface area contributed by atoms with Crippen LogP contribution in [0.15, 0.2) is 0 Å². The Balaban J connectivity index is 2.18. The highest BCUT2D eigenvalue weighted by molar-refractivity contribution is 5.83. The number of carbonyl (C=O) groups excluding carboxylic acids is 2. The molecule has 1 amide bonds. The molecule has 1 N–H and O–H groups in total. The summed E-state index contributed by atoms with van der Waals surface area (Å²) in [6.45, 7) is 1.31. The molecular formula is C5H7NO3. The van der Waals surface area contributed by atoms with Gasteiger partial charge >= 0.3 is 5.97 Å². The van der Waals surface area contributed by atoms with Gasteiger partial charge in [0.15, 0.2) is 6.23 Å². The van der Waals surface area contributed by atoms with Gasteiger partial charge in [0, 0.05) is 6.92 Å². The van der Waals surface area contributed by atoms with Crippen LogP contribution in [0, 0.1) is 0 Å². The molecule has 0 aromatic heterocycles. The van der Waals surface area contributed by atoms with Gasteiger partial charge in [-0.1, -0.05) is 0 Å². The van der Waals surface area contributed by atoms with Gasteiger partial charge in [-0.2, -0.15) is 0 Å². The minimum Gasteiger partial charge on any atom is -0.441 e. The minimum atomic E-state index is -0.366. The quantitative estimate of drug-likeness (QED) is 0.379. The van der Waals surface area contributed by atoms with E-state index in [-0.39, 0.29) is 18.1 Å². The van der Waals surface area contributed by atoms with Crippen molar-refractivity contribution in [3.63, 3.8) is 0 Å². The highest BCUT2D eigenvalue weighted by atomic mass is 16.6. The first-order chi connectivity index (χ1) is 4.18. The molecule has 0 saturated carbocycles. The van der Waals surface area contributed by atoms with Crippen molar-refractivity contribution in [3.05, 3.63) is 0 Å². The van der Waals surface area contributed by atoms with Gasteiger partial charge in [-0.25, -0.2) is 0 Å². The topological polar surface area (TPSA) is 55.4 Å². The zero-order chi connectivity index (χ0) is 6.85. The summed E-state index contributed by atoms with van der Waals surface area (Å²) in [4.78, 5) is 20.4. The fraction of sp³-hybridized carbons (Fsp3) is 0.600. The molecule has 0 unspecified atom stereocenters. The Morgan fingerprint density at radius 2 is 2.44 bits per heavy atom. The molecule has 0 bridgehead atoms. The maximum absolute atomic E-state index is 10.2. The van der Waals surface area contributed by atoms with Crippen molar-refractivity contribution < 1.29 is 14.3 Å². The summed E-state index contributed by atoms with van der Waals surface area (Å²) in [5.74, 6) is -0.429. The Kier molecular flexibility index (Phi) is 1.38. The van der Waals surface area contributed by atoms with Crippen LogP contribution in [-0.2, 0) is 14.3 Å². The van der Waals surface area contributed by atoms with Gasteiger partial charge in [0.1, 0.15) is 0 Å². The molecule has 1 rings (SSSR count). The average Bonchev–Trinajstić information content (AvgIpc) is 1.60. The van der Waals surface area contributed by atoms with E-state index in [9.17, 15) is 9.59 Å². The highest BCUT2D eigenvalue weighted by Gasteiger charge is 2.27. The summed E-state index contributed by atoms with van der Waals surface area (Å²) in [6, 6.07) is 0. The van der Waals surface area contributed by atoms with Crippen LogP contribution >= 0.6 is 0 Å². The Hall–Kier alpha value is -1.06. The number of rotatable bonds is 1. The predicted octanol–water partition coefficient (Wildman–Crippen LogP) is -0.605. The second-order valence-electron chi connectivity index (χ2n) is 1.87. The lowest BCUT2D eigenvalue weighted by molar-refractivity contribution is -0.158. The summed E-state index contributed by atoms with van der Waals surface area (Å²) in [5, 5.41) is 2.39. The normalized spacial score (nSPS) is 24.1. The Bertz CT molecular complexity index is 146. The fourth-order valence-corrected chi connectivity index (χ4v) is 0.598. The van der Waals surface area contributed by atoms with Gasteiger partial charge in [0.05, 0.1) is 6.42 Å². The highest BCUT2D eigenvalue weighted by Crippen LogP contribution is 2.04. The number of hydrogen-bond acceptors (Lipinski definition) is 3. The number of β-lactam (4-membered cyclic amide) rings is 1. The molecule has 1 heterocycles. The van der Waals surface area contributed by atoms with E-state index in [1.54, 1.807) is 0 Å². The van der Waals surface area contributed by atoms with Gasteiger partial charge in [0.25, 0.3) is 0 Å². The van der Waals surface area contributed by atoms with Crippen LogP contribution in [0.5, 0.6) is 0 Å². The lowest BCUT2D eigenvalue weighted by Crippen LogP contribution is -2.50. The molecule has 1 saturated heterocycles. The lowest BCUT2D eigenvalue weighted by atomic mass is 10.2. The van der Waals surface area contributed by atoms with Gasteiger partial charge in [-0.05, 0) is 0 Å². The van der Waals surface area contributed by atoms with Crippen molar-refractivity contribution in [2.45, 2.75) is 19.6 Å². The number of esters is 1. The van der Waals surface area contributed by atoms with E-state index in [0.717, 1.165) is 0 Å². The summed E-state index contributed by atoms with van der Waals surface area (Å²) in [5.41, 5.74) is 0. The molecule has 4 heteroatoms. The first-order valence-corrected chi connectivity index (χ1v) is 2.65. The number of carbonyl (C=O) groups is 2. The largest absolute Gasteiger partial charge is 0.441 e. The number of hydrogen-bond donors (Lipinski definition) is 1. The predicted molar refractivity (Wildman–Crippen MR) is 28.3 cm³/mol. The lowest BCUT2D eigenvalue weighted by Gasteiger charge is -2.25. The fourth-order valence-electron chi connectivity index (χ4n) is 0.598. The second kappa shape index (κ2) is 2.05. The van der Waals surface area contributed by atoms with Crippen molar-refractivity contribution in [2.24, 2.45) is 0 Å². The van der Waals surface area contributed by atoms with Crippen LogP contribution in [0.1, 0.15) is 13.3 Å². The van der Waals surface area contributed by atoms with Crippen molar-refractivity contribution in [1.29, 1.82) is 0 Å². The van der Waals surface area contributed by atoms with Gasteiger partial charge < -0.3 is 10.1 Å². The van der Waals surface area contributed by atoms with E-state index in [1.165, 1.54) is 6.92 Å². The molecule has 0 aromatic carbocycles. The van der Waals surface area contributed by atoms with Crippen LogP contribution < -0.4 is 5.32 Å². The smallest absolute Gasteiger partial charge is 0.304 e. The molecule has 4 nitrogen and oxygen atoms in total. The number of nitrogens with one attached hydrogen (secondary N) is 1. The maximum atomic E-state index is 10.2. The molecule has 1 aliphatic heterocycles. The Morgan fingerprint density at radius 3 is 2.78 bits per heavy atom. The molecule has 1 atom stereocenters. The van der Waals surface area contributed by atoms with E-state index in [2.05, 4.69) is 10.1 Å². The summed E-state index contributed by atoms with van der Waals surface area (Å²) in [7, 11) is 0. The third-order valence-corrected chi connectivity index (χ3v) is 1.00. The molecule has 9 heavy (non-hydrogen) atoms. The van der Waals surface area contributed by atoms with E-state index >= 15 is 0 Å². The molecule has 0 aromatic rings. The second-order valence-corrected chi connectivity index (χ2v) is 1.87.